The molecule has 0 bridgehead atoms. The van der Waals surface area contributed by atoms with Crippen molar-refractivity contribution in [3.05, 3.63) is 41.5 Å². The molecule has 1 aliphatic carbocycles. The minimum Gasteiger partial charge on any atom is -0.399 e. The van der Waals surface area contributed by atoms with Crippen LogP contribution in [0.15, 0.2) is 24.3 Å². The van der Waals surface area contributed by atoms with E-state index in [-0.39, 0.29) is 5.56 Å². The van der Waals surface area contributed by atoms with Gasteiger partial charge in [0.2, 0.25) is 5.75 Å². The van der Waals surface area contributed by atoms with Crippen molar-refractivity contribution in [3.8, 4) is 17.6 Å². The molecule has 0 aromatic heterocycles. The molecular formula is C22H25F5O. The smallest absolute Gasteiger partial charge is 0.399 e. The molecule has 1 saturated carbocycles. The standard InChI is InChI=1S/C22H25F5O/c1-2-3-4-7-16-10-12-17(13-11-16)8-5-6-9-18-14-19(23)21(20(24)15-18)28-22(25,26)27/h5,8,14-17H,2-4,7,10-13H2,1H3. The molecule has 0 aliphatic heterocycles. The van der Waals surface area contributed by atoms with E-state index in [2.05, 4.69) is 23.5 Å². The summed E-state index contributed by atoms with van der Waals surface area (Å²) in [5.41, 5.74) is -0.0474. The van der Waals surface area contributed by atoms with E-state index >= 15 is 0 Å². The molecule has 2 rings (SSSR count). The van der Waals surface area contributed by atoms with Crippen LogP contribution in [0, 0.1) is 35.3 Å². The maximum Gasteiger partial charge on any atom is 0.573 e. The lowest BCUT2D eigenvalue weighted by molar-refractivity contribution is -0.276. The van der Waals surface area contributed by atoms with Crippen molar-refractivity contribution < 1.29 is 26.7 Å². The van der Waals surface area contributed by atoms with Crippen LogP contribution in [0.25, 0.3) is 0 Å². The highest BCUT2D eigenvalue weighted by Crippen LogP contribution is 2.32. The summed E-state index contributed by atoms with van der Waals surface area (Å²) < 4.78 is 67.0. The van der Waals surface area contributed by atoms with Crippen LogP contribution in [0.5, 0.6) is 5.75 Å². The Labute approximate surface area is 163 Å². The van der Waals surface area contributed by atoms with Gasteiger partial charge in [0.05, 0.1) is 0 Å². The zero-order valence-electron chi connectivity index (χ0n) is 15.9. The molecule has 1 fully saturated rings. The van der Waals surface area contributed by atoms with Gasteiger partial charge in [0.25, 0.3) is 0 Å². The minimum absolute atomic E-state index is 0.0474. The fraction of sp³-hybridized carbons (Fsp3) is 0.545. The van der Waals surface area contributed by atoms with Gasteiger partial charge in [0, 0.05) is 5.56 Å². The molecule has 154 valence electrons. The van der Waals surface area contributed by atoms with Crippen LogP contribution in [-0.2, 0) is 0 Å². The first-order chi connectivity index (χ1) is 13.3. The lowest BCUT2D eigenvalue weighted by Crippen LogP contribution is -2.19. The maximum atomic E-state index is 13.6. The molecule has 0 saturated heterocycles. The molecule has 1 nitrogen and oxygen atoms in total. The van der Waals surface area contributed by atoms with Gasteiger partial charge in [-0.2, -0.15) is 0 Å². The summed E-state index contributed by atoms with van der Waals surface area (Å²) in [7, 11) is 0. The summed E-state index contributed by atoms with van der Waals surface area (Å²) in [5, 5.41) is 0. The molecule has 0 radical (unpaired) electrons. The van der Waals surface area contributed by atoms with E-state index in [1.807, 2.05) is 6.08 Å². The Morgan fingerprint density at radius 2 is 1.71 bits per heavy atom. The number of hydrogen-bond donors (Lipinski definition) is 0. The summed E-state index contributed by atoms with van der Waals surface area (Å²) >= 11 is 0. The molecular weight excluding hydrogens is 375 g/mol. The van der Waals surface area contributed by atoms with Crippen LogP contribution in [0.3, 0.4) is 0 Å². The monoisotopic (exact) mass is 400 g/mol. The van der Waals surface area contributed by atoms with Gasteiger partial charge in [-0.25, -0.2) is 8.78 Å². The molecule has 6 heteroatoms. The zero-order chi connectivity index (χ0) is 20.6. The van der Waals surface area contributed by atoms with Crippen LogP contribution < -0.4 is 4.74 Å². The van der Waals surface area contributed by atoms with Crippen molar-refractivity contribution in [2.75, 3.05) is 0 Å². The molecule has 0 atom stereocenters. The Morgan fingerprint density at radius 3 is 2.29 bits per heavy atom. The maximum absolute atomic E-state index is 13.6. The normalized spacial score (nSPS) is 20.1. The summed E-state index contributed by atoms with van der Waals surface area (Å²) in [6.07, 6.45) is 8.27. The molecule has 1 aromatic rings. The quantitative estimate of drug-likeness (QED) is 0.280. The highest BCUT2D eigenvalue weighted by Gasteiger charge is 2.34. The van der Waals surface area contributed by atoms with Crippen molar-refractivity contribution in [1.29, 1.82) is 0 Å². The molecule has 0 unspecified atom stereocenters. The first kappa shape index (κ1) is 22.3. The van der Waals surface area contributed by atoms with Crippen LogP contribution in [0.1, 0.15) is 63.9 Å². The predicted molar refractivity (Wildman–Crippen MR) is 98.6 cm³/mol. The van der Waals surface area contributed by atoms with Crippen LogP contribution >= 0.6 is 0 Å². The van der Waals surface area contributed by atoms with Gasteiger partial charge in [-0.05, 0) is 55.7 Å². The predicted octanol–water partition coefficient (Wildman–Crippen LogP) is 7.16. The number of alkyl halides is 3. The van der Waals surface area contributed by atoms with E-state index in [0.717, 1.165) is 30.9 Å². The minimum atomic E-state index is -5.16. The fourth-order valence-corrected chi connectivity index (χ4v) is 3.51. The van der Waals surface area contributed by atoms with E-state index in [1.165, 1.54) is 38.5 Å². The number of halogens is 5. The van der Waals surface area contributed by atoms with Crippen LogP contribution in [0.4, 0.5) is 22.0 Å². The Balaban J connectivity index is 1.87. The third kappa shape index (κ3) is 7.53. The van der Waals surface area contributed by atoms with Gasteiger partial charge in [0.15, 0.2) is 11.6 Å². The molecule has 28 heavy (non-hydrogen) atoms. The summed E-state index contributed by atoms with van der Waals surface area (Å²) in [4.78, 5) is 0. The molecule has 0 spiro atoms. The van der Waals surface area contributed by atoms with Crippen molar-refractivity contribution in [2.45, 2.75) is 64.7 Å². The second-order valence-corrected chi connectivity index (χ2v) is 7.22. The van der Waals surface area contributed by atoms with Gasteiger partial charge in [0.1, 0.15) is 0 Å². The topological polar surface area (TPSA) is 9.23 Å². The average Bonchev–Trinajstić information content (AvgIpc) is 2.62. The number of ether oxygens (including phenoxy) is 1. The van der Waals surface area contributed by atoms with E-state index in [1.54, 1.807) is 6.08 Å². The molecule has 0 amide bonds. The molecule has 1 aliphatic rings. The number of hydrogen-bond acceptors (Lipinski definition) is 1. The number of benzene rings is 1. The van der Waals surface area contributed by atoms with Crippen molar-refractivity contribution in [2.24, 2.45) is 11.8 Å². The van der Waals surface area contributed by atoms with E-state index in [9.17, 15) is 22.0 Å². The zero-order valence-corrected chi connectivity index (χ0v) is 15.9. The van der Waals surface area contributed by atoms with Gasteiger partial charge in [-0.1, -0.05) is 50.5 Å². The Bertz CT molecular complexity index is 696. The number of allylic oxidation sites excluding steroid dienone is 2. The van der Waals surface area contributed by atoms with Crippen molar-refractivity contribution in [1.82, 2.24) is 0 Å². The Morgan fingerprint density at radius 1 is 1.07 bits per heavy atom. The number of rotatable bonds is 6. The average molecular weight is 400 g/mol. The second-order valence-electron chi connectivity index (χ2n) is 7.22. The van der Waals surface area contributed by atoms with Crippen LogP contribution in [0.2, 0.25) is 0 Å². The molecule has 0 N–H and O–H groups in total. The van der Waals surface area contributed by atoms with Gasteiger partial charge in [-0.3, -0.25) is 0 Å². The highest BCUT2D eigenvalue weighted by molar-refractivity contribution is 5.42. The summed E-state index contributed by atoms with van der Waals surface area (Å²) in [5.74, 6) is 2.16. The largest absolute Gasteiger partial charge is 0.573 e. The SMILES string of the molecule is CCCCCC1CCC(C=CC#Cc2cc(F)c(OC(F)(F)F)c(F)c2)CC1. The van der Waals surface area contributed by atoms with E-state index in [4.69, 9.17) is 0 Å². The lowest BCUT2D eigenvalue weighted by atomic mass is 9.79. The first-order valence-corrected chi connectivity index (χ1v) is 9.71. The third-order valence-electron chi connectivity index (χ3n) is 4.99. The Hall–Kier alpha value is -2.03. The Kier molecular flexibility index (Phi) is 8.35. The highest BCUT2D eigenvalue weighted by atomic mass is 19.4. The van der Waals surface area contributed by atoms with Crippen molar-refractivity contribution in [3.63, 3.8) is 0 Å². The van der Waals surface area contributed by atoms with Gasteiger partial charge < -0.3 is 4.74 Å². The summed E-state index contributed by atoms with van der Waals surface area (Å²) in [6.45, 7) is 2.20. The van der Waals surface area contributed by atoms with Crippen molar-refractivity contribution >= 4 is 0 Å². The molecule has 0 heterocycles. The van der Waals surface area contributed by atoms with E-state index < -0.39 is 23.7 Å². The number of unbranched alkanes of at least 4 members (excludes halogenated alkanes) is 2. The van der Waals surface area contributed by atoms with E-state index in [0.29, 0.717) is 5.92 Å². The van der Waals surface area contributed by atoms with Gasteiger partial charge >= 0.3 is 6.36 Å². The van der Waals surface area contributed by atoms with Gasteiger partial charge in [-0.15, -0.1) is 13.2 Å². The van der Waals surface area contributed by atoms with Crippen LogP contribution in [-0.4, -0.2) is 6.36 Å². The fourth-order valence-electron chi connectivity index (χ4n) is 3.51. The lowest BCUT2D eigenvalue weighted by Gasteiger charge is -2.26. The first-order valence-electron chi connectivity index (χ1n) is 9.71. The summed E-state index contributed by atoms with van der Waals surface area (Å²) in [6, 6.07) is 1.46. The third-order valence-corrected chi connectivity index (χ3v) is 4.99. The second kappa shape index (κ2) is 10.5. The molecule has 1 aromatic carbocycles.